The normalized spacial score (nSPS) is 15.5. The largest absolute Gasteiger partial charge is 0.493 e. The highest BCUT2D eigenvalue weighted by molar-refractivity contribution is 7.99. The van der Waals surface area contributed by atoms with Gasteiger partial charge in [0.2, 0.25) is 0 Å². The number of amides is 2. The summed E-state index contributed by atoms with van der Waals surface area (Å²) in [6.07, 6.45) is 0. The zero-order valence-electron chi connectivity index (χ0n) is 17.7. The van der Waals surface area contributed by atoms with Crippen LogP contribution in [0.1, 0.15) is 22.1 Å². The Bertz CT molecular complexity index is 1040. The standard InChI is InChI=1S/C25H26N2O3S/c1-18-7-6-10-21(15-18)26-25(28)27-13-14-31-24(27)20-11-12-22(23(16-20)29-2)30-17-19-8-4-3-5-9-19/h3-12,15-16,24H,13-14,17H2,1-2H3,(H,26,28). The first-order valence-electron chi connectivity index (χ1n) is 10.2. The van der Waals surface area contributed by atoms with E-state index in [1.54, 1.807) is 18.9 Å². The smallest absolute Gasteiger partial charge is 0.323 e. The van der Waals surface area contributed by atoms with E-state index in [4.69, 9.17) is 9.47 Å². The van der Waals surface area contributed by atoms with Crippen LogP contribution >= 0.6 is 11.8 Å². The summed E-state index contributed by atoms with van der Waals surface area (Å²) in [4.78, 5) is 14.8. The van der Waals surface area contributed by atoms with Crippen molar-refractivity contribution >= 4 is 23.5 Å². The Kier molecular flexibility index (Phi) is 6.67. The molecule has 4 rings (SSSR count). The summed E-state index contributed by atoms with van der Waals surface area (Å²) >= 11 is 1.75. The van der Waals surface area contributed by atoms with E-state index in [0.29, 0.717) is 24.7 Å². The van der Waals surface area contributed by atoms with Gasteiger partial charge in [0.15, 0.2) is 11.5 Å². The van der Waals surface area contributed by atoms with E-state index in [2.05, 4.69) is 5.32 Å². The Balaban J connectivity index is 1.47. The molecule has 0 aliphatic carbocycles. The van der Waals surface area contributed by atoms with E-state index in [0.717, 1.165) is 28.1 Å². The average molecular weight is 435 g/mol. The molecule has 160 valence electrons. The quantitative estimate of drug-likeness (QED) is 0.528. The summed E-state index contributed by atoms with van der Waals surface area (Å²) in [7, 11) is 1.64. The molecule has 1 atom stereocenters. The first-order chi connectivity index (χ1) is 15.1. The molecule has 0 radical (unpaired) electrons. The van der Waals surface area contributed by atoms with E-state index >= 15 is 0 Å². The molecule has 0 aromatic heterocycles. The molecule has 2 amide bonds. The molecule has 1 aliphatic rings. The Hall–Kier alpha value is -3.12. The second-order valence-corrected chi connectivity index (χ2v) is 8.59. The van der Waals surface area contributed by atoms with Crippen molar-refractivity contribution in [1.82, 2.24) is 4.90 Å². The van der Waals surface area contributed by atoms with E-state index < -0.39 is 0 Å². The highest BCUT2D eigenvalue weighted by Crippen LogP contribution is 2.41. The molecule has 1 heterocycles. The summed E-state index contributed by atoms with van der Waals surface area (Å²) < 4.78 is 11.6. The van der Waals surface area contributed by atoms with E-state index in [1.807, 2.05) is 84.6 Å². The molecule has 31 heavy (non-hydrogen) atoms. The van der Waals surface area contributed by atoms with Crippen molar-refractivity contribution in [3.05, 3.63) is 89.5 Å². The lowest BCUT2D eigenvalue weighted by Crippen LogP contribution is -2.34. The van der Waals surface area contributed by atoms with Crippen LogP contribution in [0.4, 0.5) is 10.5 Å². The van der Waals surface area contributed by atoms with E-state index in [-0.39, 0.29) is 11.4 Å². The van der Waals surface area contributed by atoms with Crippen molar-refractivity contribution in [3.8, 4) is 11.5 Å². The third-order valence-electron chi connectivity index (χ3n) is 5.13. The monoisotopic (exact) mass is 434 g/mol. The summed E-state index contributed by atoms with van der Waals surface area (Å²) in [6, 6.07) is 23.7. The van der Waals surface area contributed by atoms with Crippen molar-refractivity contribution in [3.63, 3.8) is 0 Å². The number of carbonyl (C=O) groups excluding carboxylic acids is 1. The van der Waals surface area contributed by atoms with Crippen LogP contribution in [0.5, 0.6) is 11.5 Å². The van der Waals surface area contributed by atoms with Gasteiger partial charge in [-0.2, -0.15) is 0 Å². The third kappa shape index (κ3) is 5.14. The second kappa shape index (κ2) is 9.79. The van der Waals surface area contributed by atoms with Crippen molar-refractivity contribution in [2.24, 2.45) is 0 Å². The van der Waals surface area contributed by atoms with Crippen LogP contribution in [-0.2, 0) is 6.61 Å². The summed E-state index contributed by atoms with van der Waals surface area (Å²) in [5.41, 5.74) is 4.04. The summed E-state index contributed by atoms with van der Waals surface area (Å²) in [6.45, 7) is 3.18. The fraction of sp³-hybridized carbons (Fsp3) is 0.240. The maximum Gasteiger partial charge on any atom is 0.323 e. The molecule has 1 saturated heterocycles. The first-order valence-corrected chi connectivity index (χ1v) is 11.3. The molecule has 0 spiro atoms. The van der Waals surface area contributed by atoms with Crippen LogP contribution in [0.15, 0.2) is 72.8 Å². The lowest BCUT2D eigenvalue weighted by atomic mass is 10.1. The van der Waals surface area contributed by atoms with Gasteiger partial charge in [-0.25, -0.2) is 4.79 Å². The summed E-state index contributed by atoms with van der Waals surface area (Å²) in [5, 5.41) is 2.95. The fourth-order valence-corrected chi connectivity index (χ4v) is 4.81. The van der Waals surface area contributed by atoms with Gasteiger partial charge < -0.3 is 19.7 Å². The van der Waals surface area contributed by atoms with Crippen molar-refractivity contribution < 1.29 is 14.3 Å². The highest BCUT2D eigenvalue weighted by atomic mass is 32.2. The number of methoxy groups -OCH3 is 1. The predicted octanol–water partition coefficient (Wildman–Crippen LogP) is 5.86. The average Bonchev–Trinajstić information content (AvgIpc) is 3.28. The topological polar surface area (TPSA) is 50.8 Å². The third-order valence-corrected chi connectivity index (χ3v) is 6.39. The minimum absolute atomic E-state index is 0.0677. The Morgan fingerprint density at radius 2 is 1.90 bits per heavy atom. The van der Waals surface area contributed by atoms with Crippen LogP contribution in [-0.4, -0.2) is 30.3 Å². The van der Waals surface area contributed by atoms with Crippen LogP contribution in [0, 0.1) is 6.92 Å². The minimum Gasteiger partial charge on any atom is -0.493 e. The number of aryl methyl sites for hydroxylation is 1. The van der Waals surface area contributed by atoms with E-state index in [1.165, 1.54) is 0 Å². The molecular weight excluding hydrogens is 408 g/mol. The zero-order valence-corrected chi connectivity index (χ0v) is 18.5. The SMILES string of the molecule is COc1cc(C2SCCN2C(=O)Nc2cccc(C)c2)ccc1OCc1ccccc1. The number of carbonyl (C=O) groups is 1. The van der Waals surface area contributed by atoms with Crippen molar-refractivity contribution in [2.75, 3.05) is 24.7 Å². The Labute approximate surface area is 187 Å². The van der Waals surface area contributed by atoms with Gasteiger partial charge in [-0.3, -0.25) is 0 Å². The van der Waals surface area contributed by atoms with Gasteiger partial charge in [-0.05, 0) is 47.9 Å². The number of hydrogen-bond acceptors (Lipinski definition) is 4. The van der Waals surface area contributed by atoms with Crippen LogP contribution in [0.3, 0.4) is 0 Å². The lowest BCUT2D eigenvalue weighted by molar-refractivity contribution is 0.214. The van der Waals surface area contributed by atoms with Crippen molar-refractivity contribution in [2.45, 2.75) is 18.9 Å². The lowest BCUT2D eigenvalue weighted by Gasteiger charge is -2.25. The van der Waals surface area contributed by atoms with E-state index in [9.17, 15) is 4.79 Å². The van der Waals surface area contributed by atoms with Crippen LogP contribution < -0.4 is 14.8 Å². The number of anilines is 1. The zero-order chi connectivity index (χ0) is 21.6. The molecule has 5 nitrogen and oxygen atoms in total. The minimum atomic E-state index is -0.0935. The molecule has 1 N–H and O–H groups in total. The van der Waals surface area contributed by atoms with Gasteiger partial charge in [-0.15, -0.1) is 11.8 Å². The molecule has 6 heteroatoms. The molecule has 1 fully saturated rings. The Morgan fingerprint density at radius 3 is 2.68 bits per heavy atom. The molecule has 3 aromatic rings. The first kappa shape index (κ1) is 21.1. The molecule has 3 aromatic carbocycles. The number of rotatable bonds is 6. The second-order valence-electron chi connectivity index (χ2n) is 7.40. The van der Waals surface area contributed by atoms with Gasteiger partial charge >= 0.3 is 6.03 Å². The molecule has 1 unspecified atom stereocenters. The number of ether oxygens (including phenoxy) is 2. The molecule has 1 aliphatic heterocycles. The number of thioether (sulfide) groups is 1. The summed E-state index contributed by atoms with van der Waals surface area (Å²) in [5.74, 6) is 2.24. The van der Waals surface area contributed by atoms with Crippen LogP contribution in [0.25, 0.3) is 0 Å². The van der Waals surface area contributed by atoms with Crippen LogP contribution in [0.2, 0.25) is 0 Å². The Morgan fingerprint density at radius 1 is 1.06 bits per heavy atom. The highest BCUT2D eigenvalue weighted by Gasteiger charge is 2.31. The maximum atomic E-state index is 12.9. The number of nitrogens with zero attached hydrogens (tertiary/aromatic N) is 1. The molecule has 0 bridgehead atoms. The van der Waals surface area contributed by atoms with Gasteiger partial charge in [-0.1, -0.05) is 48.5 Å². The number of urea groups is 1. The van der Waals surface area contributed by atoms with Gasteiger partial charge in [0.05, 0.1) is 7.11 Å². The fourth-order valence-electron chi connectivity index (χ4n) is 3.56. The molecular formula is C25H26N2O3S. The van der Waals surface area contributed by atoms with Gasteiger partial charge in [0.25, 0.3) is 0 Å². The maximum absolute atomic E-state index is 12.9. The predicted molar refractivity (Wildman–Crippen MR) is 126 cm³/mol. The van der Waals surface area contributed by atoms with Gasteiger partial charge in [0.1, 0.15) is 12.0 Å². The number of nitrogens with one attached hydrogen (secondary N) is 1. The number of benzene rings is 3. The van der Waals surface area contributed by atoms with Crippen molar-refractivity contribution in [1.29, 1.82) is 0 Å². The number of hydrogen-bond donors (Lipinski definition) is 1. The van der Waals surface area contributed by atoms with Gasteiger partial charge in [0, 0.05) is 18.0 Å². The molecule has 0 saturated carbocycles.